The molecule has 2 aromatic heterocycles. The van der Waals surface area contributed by atoms with Gasteiger partial charge in [0.05, 0.1) is 5.69 Å². The molecule has 0 fully saturated rings. The van der Waals surface area contributed by atoms with Gasteiger partial charge in [-0.05, 0) is 49.2 Å². The summed E-state index contributed by atoms with van der Waals surface area (Å²) in [5, 5.41) is 4.02. The average Bonchev–Trinajstić information content (AvgIpc) is 2.96. The third-order valence-electron chi connectivity index (χ3n) is 3.70. The molecule has 118 valence electrons. The van der Waals surface area contributed by atoms with E-state index in [1.807, 2.05) is 32.0 Å². The van der Waals surface area contributed by atoms with E-state index < -0.39 is 6.43 Å². The van der Waals surface area contributed by atoms with Gasteiger partial charge < -0.3 is 0 Å². The van der Waals surface area contributed by atoms with Crippen molar-refractivity contribution in [2.24, 2.45) is 0 Å². The second kappa shape index (κ2) is 6.12. The normalized spacial score (nSPS) is 11.2. The van der Waals surface area contributed by atoms with Crippen LogP contribution in [0.2, 0.25) is 0 Å². The van der Waals surface area contributed by atoms with Crippen LogP contribution >= 0.6 is 12.6 Å². The van der Waals surface area contributed by atoms with Crippen molar-refractivity contribution in [2.45, 2.75) is 25.2 Å². The summed E-state index contributed by atoms with van der Waals surface area (Å²) >= 11 is 4.19. The first-order chi connectivity index (χ1) is 11.0. The summed E-state index contributed by atoms with van der Waals surface area (Å²) < 4.78 is 27.6. The van der Waals surface area contributed by atoms with E-state index in [4.69, 9.17) is 0 Å². The second-order valence-electron chi connectivity index (χ2n) is 5.34. The fourth-order valence-corrected chi connectivity index (χ4v) is 2.42. The maximum atomic E-state index is 13.1. The zero-order chi connectivity index (χ0) is 16.6. The molecule has 0 unspecified atom stereocenters. The third-order valence-corrected chi connectivity index (χ3v) is 3.97. The highest BCUT2D eigenvalue weighted by Crippen LogP contribution is 2.29. The summed E-state index contributed by atoms with van der Waals surface area (Å²) in [6.45, 7) is 4.00. The van der Waals surface area contributed by atoms with Crippen LogP contribution in [0.1, 0.15) is 23.2 Å². The monoisotopic (exact) mass is 331 g/mol. The molecule has 6 heteroatoms. The van der Waals surface area contributed by atoms with Gasteiger partial charge in [-0.25, -0.2) is 18.4 Å². The number of halogens is 2. The summed E-state index contributed by atoms with van der Waals surface area (Å²) in [6, 6.07) is 10.7. The van der Waals surface area contributed by atoms with Crippen LogP contribution in [0.3, 0.4) is 0 Å². The lowest BCUT2D eigenvalue weighted by Crippen LogP contribution is -2.02. The summed E-state index contributed by atoms with van der Waals surface area (Å²) in [5.74, 6) is 0.475. The fourth-order valence-electron chi connectivity index (χ4n) is 2.29. The van der Waals surface area contributed by atoms with Gasteiger partial charge in [0.15, 0.2) is 5.82 Å². The highest BCUT2D eigenvalue weighted by Gasteiger charge is 2.18. The standard InChI is InChI=1S/C17H15F2N3S/c1-10-3-4-12(7-11(10)2)15-8-14(17(18)19)21-22(15)16-6-5-13(23)9-20-16/h3-9,17,23H,1-2H3. The number of benzene rings is 1. The largest absolute Gasteiger partial charge is 0.282 e. The first kappa shape index (κ1) is 15.7. The summed E-state index contributed by atoms with van der Waals surface area (Å²) in [5.41, 5.74) is 3.38. The third kappa shape index (κ3) is 3.12. The number of hydrogen-bond donors (Lipinski definition) is 1. The lowest BCUT2D eigenvalue weighted by molar-refractivity contribution is 0.145. The Labute approximate surface area is 138 Å². The summed E-state index contributed by atoms with van der Waals surface area (Å²) in [4.78, 5) is 4.92. The van der Waals surface area contributed by atoms with Crippen molar-refractivity contribution in [1.82, 2.24) is 14.8 Å². The van der Waals surface area contributed by atoms with Gasteiger partial charge in [0.1, 0.15) is 5.69 Å². The minimum Gasteiger partial charge on any atom is -0.236 e. The molecule has 0 atom stereocenters. The van der Waals surface area contributed by atoms with E-state index in [9.17, 15) is 8.78 Å². The molecule has 0 aliphatic heterocycles. The average molecular weight is 331 g/mol. The van der Waals surface area contributed by atoms with Crippen LogP contribution < -0.4 is 0 Å². The van der Waals surface area contributed by atoms with Gasteiger partial charge in [-0.15, -0.1) is 12.6 Å². The molecule has 0 spiro atoms. The number of pyridine rings is 1. The second-order valence-corrected chi connectivity index (χ2v) is 5.86. The Morgan fingerprint density at radius 3 is 2.43 bits per heavy atom. The number of alkyl halides is 2. The number of aromatic nitrogens is 3. The van der Waals surface area contributed by atoms with E-state index in [0.717, 1.165) is 16.7 Å². The van der Waals surface area contributed by atoms with E-state index in [1.54, 1.807) is 18.3 Å². The minimum absolute atomic E-state index is 0.269. The molecule has 3 aromatic rings. The van der Waals surface area contributed by atoms with Crippen molar-refractivity contribution in [3.63, 3.8) is 0 Å². The molecule has 0 aliphatic rings. The maximum Gasteiger partial charge on any atom is 0.282 e. The van der Waals surface area contributed by atoms with Gasteiger partial charge in [0.25, 0.3) is 6.43 Å². The molecule has 23 heavy (non-hydrogen) atoms. The van der Waals surface area contributed by atoms with Crippen molar-refractivity contribution < 1.29 is 8.78 Å². The first-order valence-electron chi connectivity index (χ1n) is 7.07. The summed E-state index contributed by atoms with van der Waals surface area (Å²) in [6.07, 6.45) is -1.07. The molecular weight excluding hydrogens is 316 g/mol. The number of hydrogen-bond acceptors (Lipinski definition) is 3. The topological polar surface area (TPSA) is 30.7 Å². The Balaban J connectivity index is 2.18. The van der Waals surface area contributed by atoms with Gasteiger partial charge in [0, 0.05) is 16.7 Å². The molecule has 2 heterocycles. The summed E-state index contributed by atoms with van der Waals surface area (Å²) in [7, 11) is 0. The predicted octanol–water partition coefficient (Wildman–Crippen LogP) is 4.78. The van der Waals surface area contributed by atoms with Crippen LogP contribution in [0.4, 0.5) is 8.78 Å². The highest BCUT2D eigenvalue weighted by atomic mass is 32.1. The Bertz CT molecular complexity index is 842. The predicted molar refractivity (Wildman–Crippen MR) is 88.5 cm³/mol. The minimum atomic E-state index is -2.63. The molecule has 0 amide bonds. The molecule has 3 nitrogen and oxygen atoms in total. The molecule has 3 rings (SSSR count). The van der Waals surface area contributed by atoms with Crippen LogP contribution in [-0.2, 0) is 0 Å². The Hall–Kier alpha value is -2.21. The lowest BCUT2D eigenvalue weighted by atomic mass is 10.0. The van der Waals surface area contributed by atoms with E-state index in [0.29, 0.717) is 16.4 Å². The molecule has 0 saturated heterocycles. The quantitative estimate of drug-likeness (QED) is 0.700. The van der Waals surface area contributed by atoms with Crippen molar-refractivity contribution in [2.75, 3.05) is 0 Å². The van der Waals surface area contributed by atoms with Gasteiger partial charge in [-0.1, -0.05) is 12.1 Å². The van der Waals surface area contributed by atoms with Crippen LogP contribution in [0.5, 0.6) is 0 Å². The SMILES string of the molecule is Cc1ccc(-c2cc(C(F)F)nn2-c2ccc(S)cn2)cc1C. The van der Waals surface area contributed by atoms with E-state index in [1.165, 1.54) is 10.7 Å². The number of nitrogens with zero attached hydrogens (tertiary/aromatic N) is 3. The molecule has 1 aromatic carbocycles. The Morgan fingerprint density at radius 1 is 1.04 bits per heavy atom. The Morgan fingerprint density at radius 2 is 1.83 bits per heavy atom. The molecule has 0 aliphatic carbocycles. The van der Waals surface area contributed by atoms with Crippen molar-refractivity contribution >= 4 is 12.6 Å². The molecule has 0 N–H and O–H groups in total. The molecule has 0 saturated carbocycles. The van der Waals surface area contributed by atoms with Crippen LogP contribution in [0, 0.1) is 13.8 Å². The van der Waals surface area contributed by atoms with E-state index in [-0.39, 0.29) is 5.69 Å². The van der Waals surface area contributed by atoms with E-state index >= 15 is 0 Å². The highest BCUT2D eigenvalue weighted by molar-refractivity contribution is 7.80. The van der Waals surface area contributed by atoms with Gasteiger partial charge in [0.2, 0.25) is 0 Å². The van der Waals surface area contributed by atoms with E-state index in [2.05, 4.69) is 22.7 Å². The zero-order valence-electron chi connectivity index (χ0n) is 12.7. The molecule has 0 radical (unpaired) electrons. The number of thiol groups is 1. The van der Waals surface area contributed by atoms with Crippen molar-refractivity contribution in [3.8, 4) is 17.1 Å². The molecular formula is C17H15F2N3S. The van der Waals surface area contributed by atoms with Crippen LogP contribution in [0.25, 0.3) is 17.1 Å². The van der Waals surface area contributed by atoms with Gasteiger partial charge in [-0.2, -0.15) is 5.10 Å². The van der Waals surface area contributed by atoms with Crippen molar-refractivity contribution in [1.29, 1.82) is 0 Å². The maximum absolute atomic E-state index is 13.1. The smallest absolute Gasteiger partial charge is 0.236 e. The first-order valence-corrected chi connectivity index (χ1v) is 7.51. The fraction of sp³-hybridized carbons (Fsp3) is 0.176. The lowest BCUT2D eigenvalue weighted by Gasteiger charge is -2.08. The number of rotatable bonds is 3. The number of aryl methyl sites for hydroxylation is 2. The van der Waals surface area contributed by atoms with Crippen LogP contribution in [0.15, 0.2) is 47.5 Å². The van der Waals surface area contributed by atoms with Crippen LogP contribution in [-0.4, -0.2) is 14.8 Å². The van der Waals surface area contributed by atoms with Gasteiger partial charge in [-0.3, -0.25) is 0 Å². The zero-order valence-corrected chi connectivity index (χ0v) is 13.6. The van der Waals surface area contributed by atoms with Crippen molar-refractivity contribution in [3.05, 3.63) is 59.4 Å². The Kier molecular flexibility index (Phi) is 4.17. The molecule has 0 bridgehead atoms. The van der Waals surface area contributed by atoms with Gasteiger partial charge >= 0.3 is 0 Å².